The van der Waals surface area contributed by atoms with Crippen LogP contribution in [0.25, 0.3) is 0 Å². The van der Waals surface area contributed by atoms with Gasteiger partial charge in [0.05, 0.1) is 6.10 Å². The molecule has 0 fully saturated rings. The van der Waals surface area contributed by atoms with E-state index < -0.39 is 0 Å². The lowest BCUT2D eigenvalue weighted by atomic mass is 10.1. The van der Waals surface area contributed by atoms with E-state index in [9.17, 15) is 0 Å². The number of hydrogen-bond donors (Lipinski definition) is 1. The van der Waals surface area contributed by atoms with Crippen LogP contribution in [0.5, 0.6) is 0 Å². The summed E-state index contributed by atoms with van der Waals surface area (Å²) in [6.45, 7) is 5.27. The van der Waals surface area contributed by atoms with Crippen LogP contribution >= 0.6 is 11.3 Å². The van der Waals surface area contributed by atoms with Crippen LogP contribution in [0.15, 0.2) is 17.5 Å². The molecule has 1 rings (SSSR count). The molecular weight excluding hydrogens is 206 g/mol. The molecule has 0 aliphatic rings. The summed E-state index contributed by atoms with van der Waals surface area (Å²) in [5.41, 5.74) is 0. The fourth-order valence-corrected chi connectivity index (χ4v) is 2.41. The zero-order valence-corrected chi connectivity index (χ0v) is 10.6. The number of rotatable bonds is 7. The molecule has 15 heavy (non-hydrogen) atoms. The van der Waals surface area contributed by atoms with E-state index in [1.54, 1.807) is 7.11 Å². The first-order valence-electron chi connectivity index (χ1n) is 5.56. The van der Waals surface area contributed by atoms with Crippen LogP contribution in [-0.2, 0) is 11.2 Å². The van der Waals surface area contributed by atoms with Crippen molar-refractivity contribution in [3.05, 3.63) is 22.4 Å². The summed E-state index contributed by atoms with van der Waals surface area (Å²) in [6, 6.07) is 4.77. The van der Waals surface area contributed by atoms with Gasteiger partial charge >= 0.3 is 0 Å². The van der Waals surface area contributed by atoms with Crippen molar-refractivity contribution in [3.8, 4) is 0 Å². The number of methoxy groups -OCH3 is 1. The Morgan fingerprint density at radius 2 is 2.33 bits per heavy atom. The third kappa shape index (κ3) is 4.33. The quantitative estimate of drug-likeness (QED) is 0.773. The molecule has 2 nitrogen and oxygen atoms in total. The first-order chi connectivity index (χ1) is 7.27. The molecule has 0 saturated carbocycles. The highest BCUT2D eigenvalue weighted by Gasteiger charge is 2.15. The Labute approximate surface area is 96.7 Å². The van der Waals surface area contributed by atoms with E-state index in [0.717, 1.165) is 19.4 Å². The highest BCUT2D eigenvalue weighted by atomic mass is 32.1. The SMILES string of the molecule is CCNC(CCc1cccs1)C(C)OC. The van der Waals surface area contributed by atoms with Crippen molar-refractivity contribution in [2.75, 3.05) is 13.7 Å². The van der Waals surface area contributed by atoms with Gasteiger partial charge in [-0.05, 0) is 37.8 Å². The highest BCUT2D eigenvalue weighted by Crippen LogP contribution is 2.14. The molecule has 0 radical (unpaired) electrons. The summed E-state index contributed by atoms with van der Waals surface area (Å²) >= 11 is 1.83. The molecule has 0 bridgehead atoms. The van der Waals surface area contributed by atoms with Gasteiger partial charge in [0, 0.05) is 18.0 Å². The van der Waals surface area contributed by atoms with Gasteiger partial charge in [-0.15, -0.1) is 11.3 Å². The molecule has 0 aliphatic carbocycles. The smallest absolute Gasteiger partial charge is 0.0696 e. The van der Waals surface area contributed by atoms with E-state index in [0.29, 0.717) is 6.04 Å². The predicted molar refractivity (Wildman–Crippen MR) is 66.6 cm³/mol. The zero-order chi connectivity index (χ0) is 11.1. The largest absolute Gasteiger partial charge is 0.380 e. The van der Waals surface area contributed by atoms with Crippen molar-refractivity contribution in [1.82, 2.24) is 5.32 Å². The minimum Gasteiger partial charge on any atom is -0.380 e. The molecule has 3 heteroatoms. The third-order valence-corrected chi connectivity index (χ3v) is 3.62. The Kier molecular flexibility index (Phi) is 5.91. The topological polar surface area (TPSA) is 21.3 Å². The lowest BCUT2D eigenvalue weighted by molar-refractivity contribution is 0.0808. The summed E-state index contributed by atoms with van der Waals surface area (Å²) in [4.78, 5) is 1.46. The van der Waals surface area contributed by atoms with Crippen LogP contribution in [0.3, 0.4) is 0 Å². The minimum absolute atomic E-state index is 0.282. The van der Waals surface area contributed by atoms with E-state index in [4.69, 9.17) is 4.74 Å². The molecule has 86 valence electrons. The molecule has 1 heterocycles. The van der Waals surface area contributed by atoms with Gasteiger partial charge in [-0.1, -0.05) is 13.0 Å². The summed E-state index contributed by atoms with van der Waals surface area (Å²) in [6.07, 6.45) is 2.57. The van der Waals surface area contributed by atoms with E-state index in [2.05, 4.69) is 36.7 Å². The van der Waals surface area contributed by atoms with Gasteiger partial charge in [0.2, 0.25) is 0 Å². The predicted octanol–water partition coefficient (Wildman–Crippen LogP) is 2.69. The first kappa shape index (κ1) is 12.7. The van der Waals surface area contributed by atoms with Crippen LogP contribution in [0, 0.1) is 0 Å². The van der Waals surface area contributed by atoms with Crippen molar-refractivity contribution in [3.63, 3.8) is 0 Å². The van der Waals surface area contributed by atoms with Crippen LogP contribution in [0.2, 0.25) is 0 Å². The summed E-state index contributed by atoms with van der Waals surface area (Å²) in [5, 5.41) is 5.61. The average Bonchev–Trinajstić information content (AvgIpc) is 2.76. The van der Waals surface area contributed by atoms with Crippen LogP contribution in [-0.4, -0.2) is 25.8 Å². The van der Waals surface area contributed by atoms with Crippen molar-refractivity contribution in [1.29, 1.82) is 0 Å². The normalized spacial score (nSPS) is 15.1. The molecular formula is C12H21NOS. The van der Waals surface area contributed by atoms with Crippen LogP contribution < -0.4 is 5.32 Å². The standard InChI is InChI=1S/C12H21NOS/c1-4-13-12(10(2)14-3)8-7-11-6-5-9-15-11/h5-6,9-10,12-13H,4,7-8H2,1-3H3. The molecule has 0 spiro atoms. The van der Waals surface area contributed by atoms with Gasteiger partial charge < -0.3 is 10.1 Å². The number of aryl methyl sites for hydroxylation is 1. The average molecular weight is 227 g/mol. The van der Waals surface area contributed by atoms with E-state index >= 15 is 0 Å². The molecule has 2 atom stereocenters. The van der Waals surface area contributed by atoms with Crippen LogP contribution in [0.1, 0.15) is 25.1 Å². The second-order valence-electron chi connectivity index (χ2n) is 3.72. The maximum absolute atomic E-state index is 5.38. The maximum atomic E-state index is 5.38. The summed E-state index contributed by atoms with van der Waals surface area (Å²) in [7, 11) is 1.78. The first-order valence-corrected chi connectivity index (χ1v) is 6.44. The van der Waals surface area contributed by atoms with Gasteiger partial charge in [-0.2, -0.15) is 0 Å². The second-order valence-corrected chi connectivity index (χ2v) is 4.76. The fraction of sp³-hybridized carbons (Fsp3) is 0.667. The Balaban J connectivity index is 2.37. The van der Waals surface area contributed by atoms with E-state index in [-0.39, 0.29) is 6.10 Å². The molecule has 1 aromatic rings. The number of thiophene rings is 1. The number of nitrogens with one attached hydrogen (secondary N) is 1. The third-order valence-electron chi connectivity index (χ3n) is 2.69. The van der Waals surface area contributed by atoms with Gasteiger partial charge in [-0.25, -0.2) is 0 Å². The van der Waals surface area contributed by atoms with Crippen molar-refractivity contribution >= 4 is 11.3 Å². The number of hydrogen-bond acceptors (Lipinski definition) is 3. The van der Waals surface area contributed by atoms with Crippen molar-refractivity contribution in [2.24, 2.45) is 0 Å². The minimum atomic E-state index is 0.282. The molecule has 0 aliphatic heterocycles. The molecule has 0 aromatic carbocycles. The van der Waals surface area contributed by atoms with Crippen LogP contribution in [0.4, 0.5) is 0 Å². The van der Waals surface area contributed by atoms with Crippen molar-refractivity contribution < 1.29 is 4.74 Å². The lowest BCUT2D eigenvalue weighted by Gasteiger charge is -2.23. The van der Waals surface area contributed by atoms with Gasteiger partial charge in [0.1, 0.15) is 0 Å². The molecule has 0 amide bonds. The Hall–Kier alpha value is -0.380. The molecule has 1 aromatic heterocycles. The van der Waals surface area contributed by atoms with Crippen molar-refractivity contribution in [2.45, 2.75) is 38.8 Å². The lowest BCUT2D eigenvalue weighted by Crippen LogP contribution is -2.39. The molecule has 0 saturated heterocycles. The number of likely N-dealkylation sites (N-methyl/N-ethyl adjacent to an activating group) is 1. The Morgan fingerprint density at radius 3 is 2.87 bits per heavy atom. The Morgan fingerprint density at radius 1 is 1.53 bits per heavy atom. The maximum Gasteiger partial charge on any atom is 0.0696 e. The van der Waals surface area contributed by atoms with E-state index in [1.807, 2.05) is 11.3 Å². The number of ether oxygens (including phenoxy) is 1. The van der Waals surface area contributed by atoms with Gasteiger partial charge in [0.25, 0.3) is 0 Å². The second kappa shape index (κ2) is 6.99. The highest BCUT2D eigenvalue weighted by molar-refractivity contribution is 7.09. The Bertz CT molecular complexity index is 248. The molecule has 1 N–H and O–H groups in total. The van der Waals surface area contributed by atoms with Gasteiger partial charge in [-0.3, -0.25) is 0 Å². The fourth-order valence-electron chi connectivity index (χ4n) is 1.68. The molecule has 2 unspecified atom stereocenters. The zero-order valence-electron chi connectivity index (χ0n) is 9.82. The summed E-state index contributed by atoms with van der Waals surface area (Å²) in [5.74, 6) is 0. The van der Waals surface area contributed by atoms with Gasteiger partial charge in [0.15, 0.2) is 0 Å². The van der Waals surface area contributed by atoms with E-state index in [1.165, 1.54) is 4.88 Å². The summed E-state index contributed by atoms with van der Waals surface area (Å²) < 4.78 is 5.38. The monoisotopic (exact) mass is 227 g/mol.